The maximum atomic E-state index is 13.5. The van der Waals surface area contributed by atoms with Crippen LogP contribution in [0, 0.1) is 0 Å². The molecule has 0 aliphatic rings. The third kappa shape index (κ3) is 4.61. The molecular weight excluding hydrogens is 237 g/mol. The van der Waals surface area contributed by atoms with Gasteiger partial charge in [-0.05, 0) is 30.5 Å². The molecule has 3 heteroatoms. The van der Waals surface area contributed by atoms with Gasteiger partial charge in [0.25, 0.3) is 0 Å². The molecule has 1 rings (SSSR count). The highest BCUT2D eigenvalue weighted by atomic mass is 35.5. The molecule has 0 saturated heterocycles. The molecule has 0 aliphatic heterocycles. The highest BCUT2D eigenvalue weighted by Gasteiger charge is 2.02. The first kappa shape index (κ1) is 13.8. The SMILES string of the molecule is CCc1ccc(C/C(N)=C(F)/C=C(\C)Cl)cc1. The van der Waals surface area contributed by atoms with Crippen molar-refractivity contribution in [2.24, 2.45) is 5.73 Å². The van der Waals surface area contributed by atoms with Gasteiger partial charge in [-0.15, -0.1) is 0 Å². The van der Waals surface area contributed by atoms with Gasteiger partial charge in [-0.25, -0.2) is 4.39 Å². The molecule has 0 saturated carbocycles. The molecule has 2 N–H and O–H groups in total. The molecule has 1 aromatic carbocycles. The summed E-state index contributed by atoms with van der Waals surface area (Å²) in [5.41, 5.74) is 8.13. The van der Waals surface area contributed by atoms with Gasteiger partial charge in [0.05, 0.1) is 0 Å². The first-order chi connectivity index (χ1) is 8.02. The standard InChI is InChI=1S/C14H17ClFN/c1-3-11-4-6-12(7-5-11)9-14(17)13(16)8-10(2)15/h4-8H,3,9,17H2,1-2H3/b10-8+,14-13+. The van der Waals surface area contributed by atoms with Crippen molar-refractivity contribution in [1.82, 2.24) is 0 Å². The molecule has 0 amide bonds. The second kappa shape index (κ2) is 6.45. The smallest absolute Gasteiger partial charge is 0.143 e. The van der Waals surface area contributed by atoms with Gasteiger partial charge in [-0.2, -0.15) is 0 Å². The van der Waals surface area contributed by atoms with E-state index in [2.05, 4.69) is 6.92 Å². The lowest BCUT2D eigenvalue weighted by atomic mass is 10.1. The van der Waals surface area contributed by atoms with Crippen molar-refractivity contribution >= 4 is 11.6 Å². The minimum absolute atomic E-state index is 0.203. The van der Waals surface area contributed by atoms with E-state index < -0.39 is 5.83 Å². The van der Waals surface area contributed by atoms with E-state index in [9.17, 15) is 4.39 Å². The van der Waals surface area contributed by atoms with Crippen LogP contribution >= 0.6 is 11.6 Å². The molecule has 0 atom stereocenters. The van der Waals surface area contributed by atoms with Gasteiger partial charge in [0.1, 0.15) is 5.83 Å². The molecule has 0 aromatic heterocycles. The summed E-state index contributed by atoms with van der Waals surface area (Å²) in [6.45, 7) is 3.71. The van der Waals surface area contributed by atoms with E-state index in [-0.39, 0.29) is 5.70 Å². The van der Waals surface area contributed by atoms with E-state index in [0.29, 0.717) is 11.5 Å². The summed E-state index contributed by atoms with van der Waals surface area (Å²) >= 11 is 5.59. The highest BCUT2D eigenvalue weighted by molar-refractivity contribution is 6.29. The van der Waals surface area contributed by atoms with E-state index in [4.69, 9.17) is 17.3 Å². The van der Waals surface area contributed by atoms with Crippen LogP contribution in [-0.4, -0.2) is 0 Å². The number of rotatable bonds is 4. The predicted octanol–water partition coefficient (Wildman–Crippen LogP) is 4.07. The molecule has 0 bridgehead atoms. The molecule has 1 nitrogen and oxygen atoms in total. The van der Waals surface area contributed by atoms with Crippen LogP contribution in [0.3, 0.4) is 0 Å². The van der Waals surface area contributed by atoms with Crippen molar-refractivity contribution in [2.45, 2.75) is 26.7 Å². The summed E-state index contributed by atoms with van der Waals surface area (Å²) in [4.78, 5) is 0. The fourth-order valence-electron chi connectivity index (χ4n) is 1.46. The van der Waals surface area contributed by atoms with Gasteiger partial charge in [0.2, 0.25) is 0 Å². The summed E-state index contributed by atoms with van der Waals surface area (Å²) < 4.78 is 13.5. The van der Waals surface area contributed by atoms with Crippen LogP contribution in [0.4, 0.5) is 4.39 Å². The molecule has 0 unspecified atom stereocenters. The fourth-order valence-corrected chi connectivity index (χ4v) is 1.56. The summed E-state index contributed by atoms with van der Waals surface area (Å²) in [5.74, 6) is -0.461. The number of hydrogen-bond donors (Lipinski definition) is 1. The second-order valence-corrected chi connectivity index (χ2v) is 4.55. The third-order valence-electron chi connectivity index (χ3n) is 2.46. The first-order valence-corrected chi connectivity index (χ1v) is 5.96. The Morgan fingerprint density at radius 3 is 2.29 bits per heavy atom. The molecule has 0 fully saturated rings. The van der Waals surface area contributed by atoms with Crippen LogP contribution in [0.2, 0.25) is 0 Å². The van der Waals surface area contributed by atoms with Crippen LogP contribution in [0.1, 0.15) is 25.0 Å². The molecule has 17 heavy (non-hydrogen) atoms. The Bertz CT molecular complexity index is 428. The van der Waals surface area contributed by atoms with Gasteiger partial charge in [0.15, 0.2) is 0 Å². The zero-order chi connectivity index (χ0) is 12.8. The number of halogens is 2. The fraction of sp³-hybridized carbons (Fsp3) is 0.286. The van der Waals surface area contributed by atoms with E-state index in [1.54, 1.807) is 6.92 Å². The monoisotopic (exact) mass is 253 g/mol. The molecular formula is C14H17ClFN. The minimum atomic E-state index is -0.461. The Kier molecular flexibility index (Phi) is 5.23. The van der Waals surface area contributed by atoms with Gasteiger partial charge in [-0.3, -0.25) is 0 Å². The Balaban J connectivity index is 2.80. The van der Waals surface area contributed by atoms with Crippen LogP contribution in [0.25, 0.3) is 0 Å². The van der Waals surface area contributed by atoms with Gasteiger partial charge in [0, 0.05) is 17.2 Å². The van der Waals surface area contributed by atoms with Gasteiger partial charge >= 0.3 is 0 Å². The topological polar surface area (TPSA) is 26.0 Å². The predicted molar refractivity (Wildman–Crippen MR) is 71.5 cm³/mol. The van der Waals surface area contributed by atoms with Crippen molar-refractivity contribution in [3.63, 3.8) is 0 Å². The van der Waals surface area contributed by atoms with Crippen molar-refractivity contribution in [3.8, 4) is 0 Å². The molecule has 0 spiro atoms. The zero-order valence-electron chi connectivity index (χ0n) is 10.1. The zero-order valence-corrected chi connectivity index (χ0v) is 10.9. The Morgan fingerprint density at radius 1 is 1.29 bits per heavy atom. The van der Waals surface area contributed by atoms with E-state index in [1.807, 2.05) is 24.3 Å². The average Bonchev–Trinajstić information content (AvgIpc) is 2.29. The Labute approximate surface area is 107 Å². The molecule has 0 radical (unpaired) electrons. The average molecular weight is 254 g/mol. The van der Waals surface area contributed by atoms with Crippen molar-refractivity contribution in [3.05, 3.63) is 58.0 Å². The Hall–Kier alpha value is -1.28. The normalized spacial score (nSPS) is 13.5. The third-order valence-corrected chi connectivity index (χ3v) is 2.57. The largest absolute Gasteiger partial charge is 0.399 e. The number of benzene rings is 1. The lowest BCUT2D eigenvalue weighted by molar-refractivity contribution is 0.646. The van der Waals surface area contributed by atoms with Crippen LogP contribution in [0.15, 0.2) is 46.9 Å². The maximum absolute atomic E-state index is 13.5. The molecule has 0 heterocycles. The van der Waals surface area contributed by atoms with Gasteiger partial charge in [-0.1, -0.05) is 42.8 Å². The lowest BCUT2D eigenvalue weighted by Crippen LogP contribution is -2.03. The van der Waals surface area contributed by atoms with Crippen LogP contribution in [-0.2, 0) is 12.8 Å². The lowest BCUT2D eigenvalue weighted by Gasteiger charge is -2.04. The quantitative estimate of drug-likeness (QED) is 0.804. The summed E-state index contributed by atoms with van der Waals surface area (Å²) in [5, 5.41) is 0.381. The number of hydrogen-bond acceptors (Lipinski definition) is 1. The van der Waals surface area contributed by atoms with E-state index in [1.165, 1.54) is 11.6 Å². The molecule has 0 aliphatic carbocycles. The second-order valence-electron chi connectivity index (χ2n) is 3.95. The van der Waals surface area contributed by atoms with Crippen molar-refractivity contribution < 1.29 is 4.39 Å². The maximum Gasteiger partial charge on any atom is 0.143 e. The highest BCUT2D eigenvalue weighted by Crippen LogP contribution is 2.14. The number of nitrogens with two attached hydrogens (primary N) is 1. The van der Waals surface area contributed by atoms with Crippen molar-refractivity contribution in [1.29, 1.82) is 0 Å². The molecule has 92 valence electrons. The van der Waals surface area contributed by atoms with Crippen LogP contribution in [0.5, 0.6) is 0 Å². The number of aryl methyl sites for hydroxylation is 1. The van der Waals surface area contributed by atoms with Crippen LogP contribution < -0.4 is 5.73 Å². The molecule has 1 aromatic rings. The minimum Gasteiger partial charge on any atom is -0.399 e. The first-order valence-electron chi connectivity index (χ1n) is 5.58. The summed E-state index contributed by atoms with van der Waals surface area (Å²) in [6, 6.07) is 8.00. The van der Waals surface area contributed by atoms with Gasteiger partial charge < -0.3 is 5.73 Å². The summed E-state index contributed by atoms with van der Waals surface area (Å²) in [7, 11) is 0. The van der Waals surface area contributed by atoms with Crippen molar-refractivity contribution in [2.75, 3.05) is 0 Å². The Morgan fingerprint density at radius 2 is 1.82 bits per heavy atom. The van der Waals surface area contributed by atoms with E-state index >= 15 is 0 Å². The number of allylic oxidation sites excluding steroid dienone is 4. The summed E-state index contributed by atoms with van der Waals surface area (Å²) in [6.07, 6.45) is 2.63. The van der Waals surface area contributed by atoms with E-state index in [0.717, 1.165) is 12.0 Å².